The molecule has 0 aromatic heterocycles. The Labute approximate surface area is 169 Å². The first-order chi connectivity index (χ1) is 13.8. The summed E-state index contributed by atoms with van der Waals surface area (Å²) >= 11 is 0. The van der Waals surface area contributed by atoms with Crippen LogP contribution in [0.4, 0.5) is 22.0 Å². The summed E-state index contributed by atoms with van der Waals surface area (Å²) in [6.07, 6.45) is 4.54. The Morgan fingerprint density at radius 1 is 0.862 bits per heavy atom. The van der Waals surface area contributed by atoms with Crippen LogP contribution in [0, 0.1) is 17.6 Å². The summed E-state index contributed by atoms with van der Waals surface area (Å²) in [6, 6.07) is 7.36. The molecule has 0 bridgehead atoms. The van der Waals surface area contributed by atoms with Crippen molar-refractivity contribution in [3.05, 3.63) is 59.2 Å². The lowest BCUT2D eigenvalue weighted by atomic mass is 9.77. The van der Waals surface area contributed by atoms with Crippen LogP contribution >= 0.6 is 0 Å². The minimum atomic E-state index is -4.81. The zero-order chi connectivity index (χ0) is 21.0. The highest BCUT2D eigenvalue weighted by molar-refractivity contribution is 5.65. The van der Waals surface area contributed by atoms with E-state index in [1.165, 1.54) is 43.9 Å². The molecule has 0 nitrogen and oxygen atoms in total. The fourth-order valence-corrected chi connectivity index (χ4v) is 4.40. The Morgan fingerprint density at radius 3 is 2.21 bits per heavy atom. The summed E-state index contributed by atoms with van der Waals surface area (Å²) in [5, 5.41) is 0. The highest BCUT2D eigenvalue weighted by atomic mass is 19.4. The largest absolute Gasteiger partial charge is 0.419 e. The van der Waals surface area contributed by atoms with E-state index >= 15 is 0 Å². The van der Waals surface area contributed by atoms with E-state index in [4.69, 9.17) is 0 Å². The van der Waals surface area contributed by atoms with Crippen molar-refractivity contribution < 1.29 is 22.0 Å². The molecule has 0 unspecified atom stereocenters. The summed E-state index contributed by atoms with van der Waals surface area (Å²) in [7, 11) is 0. The molecule has 1 aliphatic rings. The molecule has 0 amide bonds. The van der Waals surface area contributed by atoms with Gasteiger partial charge in [-0.1, -0.05) is 50.8 Å². The van der Waals surface area contributed by atoms with Gasteiger partial charge in [-0.05, 0) is 66.8 Å². The number of unbranched alkanes of at least 4 members (excludes halogenated alkanes) is 2. The Bertz CT molecular complexity index is 817. The van der Waals surface area contributed by atoms with E-state index in [0.29, 0.717) is 12.0 Å². The molecule has 0 radical (unpaired) electrons. The van der Waals surface area contributed by atoms with Crippen LogP contribution in [-0.4, -0.2) is 0 Å². The fourth-order valence-electron chi connectivity index (χ4n) is 4.40. The van der Waals surface area contributed by atoms with E-state index in [9.17, 15) is 22.0 Å². The van der Waals surface area contributed by atoms with Gasteiger partial charge in [0.2, 0.25) is 0 Å². The third kappa shape index (κ3) is 5.37. The lowest BCUT2D eigenvalue weighted by molar-refractivity contribution is -0.139. The van der Waals surface area contributed by atoms with Gasteiger partial charge in [0.1, 0.15) is 11.6 Å². The standard InChI is InChI=1S/C24H27F5/c1-2-3-4-5-16-6-8-17(9-7-16)18-10-12-20(23(26)15-18)19-11-13-22(25)21(14-19)24(27,28)29/h10-17H,2-9H2,1H3. The molecule has 5 heteroatoms. The minimum Gasteiger partial charge on any atom is -0.206 e. The fraction of sp³-hybridized carbons (Fsp3) is 0.500. The molecule has 0 heterocycles. The van der Waals surface area contributed by atoms with Gasteiger partial charge in [-0.3, -0.25) is 0 Å². The summed E-state index contributed by atoms with van der Waals surface area (Å²) in [6.45, 7) is 2.20. The van der Waals surface area contributed by atoms with Gasteiger partial charge in [0.05, 0.1) is 5.56 Å². The van der Waals surface area contributed by atoms with E-state index in [1.54, 1.807) is 6.07 Å². The molecule has 3 rings (SSSR count). The normalized spacial score (nSPS) is 20.1. The van der Waals surface area contributed by atoms with Crippen LogP contribution in [-0.2, 0) is 6.18 Å². The zero-order valence-corrected chi connectivity index (χ0v) is 16.7. The van der Waals surface area contributed by atoms with E-state index < -0.39 is 23.4 Å². The topological polar surface area (TPSA) is 0 Å². The van der Waals surface area contributed by atoms with Gasteiger partial charge in [0, 0.05) is 5.56 Å². The molecule has 0 N–H and O–H groups in total. The predicted molar refractivity (Wildman–Crippen MR) is 106 cm³/mol. The number of halogens is 5. The molecule has 1 fully saturated rings. The first-order valence-electron chi connectivity index (χ1n) is 10.5. The van der Waals surface area contributed by atoms with Crippen molar-refractivity contribution in [2.45, 2.75) is 70.4 Å². The number of hydrogen-bond acceptors (Lipinski definition) is 0. The van der Waals surface area contributed by atoms with Crippen LogP contribution in [0.5, 0.6) is 0 Å². The second-order valence-electron chi connectivity index (χ2n) is 8.15. The van der Waals surface area contributed by atoms with Crippen molar-refractivity contribution in [2.24, 2.45) is 5.92 Å². The van der Waals surface area contributed by atoms with Gasteiger partial charge in [0.15, 0.2) is 0 Å². The van der Waals surface area contributed by atoms with Crippen LogP contribution < -0.4 is 0 Å². The second-order valence-corrected chi connectivity index (χ2v) is 8.15. The van der Waals surface area contributed by atoms with Gasteiger partial charge in [-0.25, -0.2) is 8.78 Å². The SMILES string of the molecule is CCCCCC1CCC(c2ccc(-c3ccc(F)c(C(F)(F)F)c3)c(F)c2)CC1. The summed E-state index contributed by atoms with van der Waals surface area (Å²) in [5.74, 6) is -0.872. The molecule has 0 atom stereocenters. The molecule has 0 aliphatic heterocycles. The van der Waals surface area contributed by atoms with Crippen molar-refractivity contribution >= 4 is 0 Å². The maximum Gasteiger partial charge on any atom is 0.419 e. The molecular weight excluding hydrogens is 383 g/mol. The molecule has 2 aromatic carbocycles. The van der Waals surface area contributed by atoms with Gasteiger partial charge in [-0.15, -0.1) is 0 Å². The monoisotopic (exact) mass is 410 g/mol. The molecule has 0 saturated heterocycles. The zero-order valence-electron chi connectivity index (χ0n) is 16.7. The van der Waals surface area contributed by atoms with Gasteiger partial charge < -0.3 is 0 Å². The van der Waals surface area contributed by atoms with Crippen LogP contribution in [0.1, 0.15) is 75.3 Å². The first-order valence-corrected chi connectivity index (χ1v) is 10.5. The average Bonchev–Trinajstić information content (AvgIpc) is 2.68. The smallest absolute Gasteiger partial charge is 0.206 e. The number of alkyl halides is 3. The maximum absolute atomic E-state index is 14.7. The highest BCUT2D eigenvalue weighted by Gasteiger charge is 2.34. The first kappa shape index (κ1) is 21.8. The quantitative estimate of drug-likeness (QED) is 0.331. The van der Waals surface area contributed by atoms with E-state index in [1.807, 2.05) is 0 Å². The van der Waals surface area contributed by atoms with Crippen molar-refractivity contribution in [1.82, 2.24) is 0 Å². The Balaban J connectivity index is 1.72. The number of rotatable bonds is 6. The Hall–Kier alpha value is -1.91. The Morgan fingerprint density at radius 2 is 1.59 bits per heavy atom. The highest BCUT2D eigenvalue weighted by Crippen LogP contribution is 2.39. The van der Waals surface area contributed by atoms with Gasteiger partial charge >= 0.3 is 6.18 Å². The van der Waals surface area contributed by atoms with Crippen molar-refractivity contribution in [1.29, 1.82) is 0 Å². The number of benzene rings is 2. The van der Waals surface area contributed by atoms with Crippen molar-refractivity contribution in [3.63, 3.8) is 0 Å². The lowest BCUT2D eigenvalue weighted by Crippen LogP contribution is -2.13. The lowest BCUT2D eigenvalue weighted by Gasteiger charge is -2.29. The summed E-state index contributed by atoms with van der Waals surface area (Å²) in [5.41, 5.74) is -0.383. The van der Waals surface area contributed by atoms with E-state index in [0.717, 1.165) is 43.2 Å². The third-order valence-electron chi connectivity index (χ3n) is 6.11. The molecule has 1 saturated carbocycles. The minimum absolute atomic E-state index is 0.0300. The summed E-state index contributed by atoms with van der Waals surface area (Å²) < 4.78 is 67.1. The van der Waals surface area contributed by atoms with E-state index in [2.05, 4.69) is 6.92 Å². The molecule has 1 aliphatic carbocycles. The molecule has 2 aromatic rings. The molecule has 29 heavy (non-hydrogen) atoms. The number of hydrogen-bond donors (Lipinski definition) is 0. The van der Waals surface area contributed by atoms with Crippen LogP contribution in [0.25, 0.3) is 11.1 Å². The maximum atomic E-state index is 14.7. The van der Waals surface area contributed by atoms with Crippen LogP contribution in [0.3, 0.4) is 0 Å². The third-order valence-corrected chi connectivity index (χ3v) is 6.11. The van der Waals surface area contributed by atoms with Crippen LogP contribution in [0.15, 0.2) is 36.4 Å². The van der Waals surface area contributed by atoms with E-state index in [-0.39, 0.29) is 11.1 Å². The molecule has 0 spiro atoms. The molecule has 158 valence electrons. The second kappa shape index (κ2) is 9.27. The predicted octanol–water partition coefficient (Wildman–Crippen LogP) is 8.50. The summed E-state index contributed by atoms with van der Waals surface area (Å²) in [4.78, 5) is 0. The van der Waals surface area contributed by atoms with Crippen molar-refractivity contribution in [3.8, 4) is 11.1 Å². The van der Waals surface area contributed by atoms with Crippen molar-refractivity contribution in [2.75, 3.05) is 0 Å². The van der Waals surface area contributed by atoms with Gasteiger partial charge in [0.25, 0.3) is 0 Å². The van der Waals surface area contributed by atoms with Crippen LogP contribution in [0.2, 0.25) is 0 Å². The Kier molecular flexibility index (Phi) is 6.97. The van der Waals surface area contributed by atoms with Gasteiger partial charge in [-0.2, -0.15) is 13.2 Å². The average molecular weight is 410 g/mol. The molecular formula is C24H27F5.